The molecule has 1 N–H and O–H groups in total. The molecule has 1 saturated heterocycles. The highest BCUT2D eigenvalue weighted by atomic mass is 32.1. The first-order valence-corrected chi connectivity index (χ1v) is 10.6. The van der Waals surface area contributed by atoms with Crippen LogP contribution >= 0.6 is 11.3 Å². The smallest absolute Gasteiger partial charge is 0.244 e. The number of rotatable bonds is 6. The minimum Gasteiger partial charge on any atom is -0.378 e. The van der Waals surface area contributed by atoms with Crippen LogP contribution in [0.1, 0.15) is 10.4 Å². The van der Waals surface area contributed by atoms with E-state index >= 15 is 0 Å². The van der Waals surface area contributed by atoms with Crippen molar-refractivity contribution in [3.05, 3.63) is 77.1 Å². The van der Waals surface area contributed by atoms with E-state index in [0.29, 0.717) is 6.54 Å². The molecule has 5 nitrogen and oxygen atoms in total. The molecule has 1 aliphatic rings. The summed E-state index contributed by atoms with van der Waals surface area (Å²) in [4.78, 5) is 20.8. The lowest BCUT2D eigenvalue weighted by Gasteiger charge is -2.27. The lowest BCUT2D eigenvalue weighted by molar-refractivity contribution is -0.116. The number of ether oxygens (including phenoxy) is 1. The topological polar surface area (TPSA) is 54.5 Å². The number of anilines is 1. The molecule has 3 heterocycles. The standard InChI is InChI=1S/C23H22FN3O2S/c24-19-4-2-18(3-5-19)21-8-6-20(30-21)7-10-23(28)26-16-17-1-9-22(25-15-17)27-11-13-29-14-12-27/h1-10,15H,11-14,16H2,(H,26,28)/b10-7+. The van der Waals surface area contributed by atoms with Gasteiger partial charge < -0.3 is 15.0 Å². The molecule has 30 heavy (non-hydrogen) atoms. The van der Waals surface area contributed by atoms with Gasteiger partial charge in [-0.05, 0) is 47.5 Å². The Morgan fingerprint density at radius 1 is 1.13 bits per heavy atom. The third-order valence-electron chi connectivity index (χ3n) is 4.77. The van der Waals surface area contributed by atoms with E-state index in [1.807, 2.05) is 24.3 Å². The molecule has 0 unspecified atom stereocenters. The zero-order valence-corrected chi connectivity index (χ0v) is 17.2. The SMILES string of the molecule is O=C(/C=C/c1ccc(-c2ccc(F)cc2)s1)NCc1ccc(N2CCOCC2)nc1. The van der Waals surface area contributed by atoms with Gasteiger partial charge >= 0.3 is 0 Å². The van der Waals surface area contributed by atoms with Crippen LogP contribution in [0, 0.1) is 5.82 Å². The summed E-state index contributed by atoms with van der Waals surface area (Å²) in [5.41, 5.74) is 1.90. The zero-order chi connectivity index (χ0) is 20.8. The van der Waals surface area contributed by atoms with Gasteiger partial charge in [0.1, 0.15) is 11.6 Å². The highest BCUT2D eigenvalue weighted by Crippen LogP contribution is 2.28. The molecule has 0 radical (unpaired) electrons. The third kappa shape index (κ3) is 5.31. The van der Waals surface area contributed by atoms with Crippen molar-refractivity contribution >= 4 is 29.1 Å². The van der Waals surface area contributed by atoms with Crippen molar-refractivity contribution in [1.29, 1.82) is 0 Å². The second-order valence-electron chi connectivity index (χ2n) is 6.88. The maximum Gasteiger partial charge on any atom is 0.244 e. The molecule has 3 aromatic rings. The van der Waals surface area contributed by atoms with Crippen molar-refractivity contribution in [2.24, 2.45) is 0 Å². The van der Waals surface area contributed by atoms with Gasteiger partial charge in [-0.15, -0.1) is 11.3 Å². The van der Waals surface area contributed by atoms with Gasteiger partial charge in [0.25, 0.3) is 0 Å². The van der Waals surface area contributed by atoms with Crippen LogP contribution in [0.5, 0.6) is 0 Å². The Hall–Kier alpha value is -3.03. The predicted molar refractivity (Wildman–Crippen MR) is 118 cm³/mol. The van der Waals surface area contributed by atoms with Gasteiger partial charge in [0, 0.05) is 41.7 Å². The van der Waals surface area contributed by atoms with Crippen LogP contribution < -0.4 is 10.2 Å². The van der Waals surface area contributed by atoms with Crippen LogP contribution in [0.25, 0.3) is 16.5 Å². The molecule has 0 atom stereocenters. The fourth-order valence-corrected chi connectivity index (χ4v) is 4.03. The molecule has 0 saturated carbocycles. The molecule has 0 bridgehead atoms. The van der Waals surface area contributed by atoms with Gasteiger partial charge in [-0.2, -0.15) is 0 Å². The van der Waals surface area contributed by atoms with Crippen molar-refractivity contribution in [3.8, 4) is 10.4 Å². The van der Waals surface area contributed by atoms with Crippen LogP contribution in [0.2, 0.25) is 0 Å². The number of thiophene rings is 1. The molecule has 2 aromatic heterocycles. The van der Waals surface area contributed by atoms with Gasteiger partial charge in [-0.1, -0.05) is 18.2 Å². The molecular weight excluding hydrogens is 401 g/mol. The lowest BCUT2D eigenvalue weighted by atomic mass is 10.2. The summed E-state index contributed by atoms with van der Waals surface area (Å²) in [5.74, 6) is 0.518. The van der Waals surface area contributed by atoms with E-state index in [-0.39, 0.29) is 11.7 Å². The minimum absolute atomic E-state index is 0.163. The molecular formula is C23H22FN3O2S. The Labute approximate surface area is 178 Å². The van der Waals surface area contributed by atoms with Crippen LogP contribution in [0.15, 0.2) is 60.8 Å². The second kappa shape index (κ2) is 9.65. The summed E-state index contributed by atoms with van der Waals surface area (Å²) >= 11 is 1.55. The number of morpholine rings is 1. The Kier molecular flexibility index (Phi) is 6.51. The van der Waals surface area contributed by atoms with Gasteiger partial charge in [0.15, 0.2) is 0 Å². The van der Waals surface area contributed by atoms with E-state index in [1.54, 1.807) is 35.7 Å². The number of hydrogen-bond acceptors (Lipinski definition) is 5. The Bertz CT molecular complexity index is 1010. The number of carbonyl (C=O) groups is 1. The van der Waals surface area contributed by atoms with Crippen LogP contribution in [-0.2, 0) is 16.1 Å². The third-order valence-corrected chi connectivity index (χ3v) is 5.87. The fraction of sp³-hybridized carbons (Fsp3) is 0.217. The first-order chi connectivity index (χ1) is 14.7. The summed E-state index contributed by atoms with van der Waals surface area (Å²) in [5, 5.41) is 2.88. The van der Waals surface area contributed by atoms with E-state index in [2.05, 4.69) is 15.2 Å². The number of aromatic nitrogens is 1. The van der Waals surface area contributed by atoms with E-state index in [9.17, 15) is 9.18 Å². The van der Waals surface area contributed by atoms with E-state index in [1.165, 1.54) is 18.2 Å². The normalized spacial score (nSPS) is 14.2. The average Bonchev–Trinajstić information content (AvgIpc) is 3.27. The summed E-state index contributed by atoms with van der Waals surface area (Å²) in [7, 11) is 0. The van der Waals surface area contributed by atoms with Crippen molar-refractivity contribution in [2.75, 3.05) is 31.2 Å². The number of nitrogens with zero attached hydrogens (tertiary/aromatic N) is 2. The summed E-state index contributed by atoms with van der Waals surface area (Å²) in [6, 6.07) is 14.3. The number of pyridine rings is 1. The molecule has 1 amide bonds. The fourth-order valence-electron chi connectivity index (χ4n) is 3.12. The molecule has 1 fully saturated rings. The van der Waals surface area contributed by atoms with Crippen molar-refractivity contribution < 1.29 is 13.9 Å². The van der Waals surface area contributed by atoms with Gasteiger partial charge in [-0.25, -0.2) is 9.37 Å². The van der Waals surface area contributed by atoms with E-state index in [4.69, 9.17) is 4.74 Å². The molecule has 4 rings (SSSR count). The minimum atomic E-state index is -0.252. The Morgan fingerprint density at radius 3 is 2.67 bits per heavy atom. The molecule has 1 aromatic carbocycles. The number of nitrogens with one attached hydrogen (secondary N) is 1. The van der Waals surface area contributed by atoms with Crippen LogP contribution in [0.3, 0.4) is 0 Å². The van der Waals surface area contributed by atoms with Crippen molar-refractivity contribution in [3.63, 3.8) is 0 Å². The number of carbonyl (C=O) groups excluding carboxylic acids is 1. The number of hydrogen-bond donors (Lipinski definition) is 1. The molecule has 0 aliphatic carbocycles. The molecule has 1 aliphatic heterocycles. The van der Waals surface area contributed by atoms with Gasteiger partial charge in [-0.3, -0.25) is 4.79 Å². The quantitative estimate of drug-likeness (QED) is 0.606. The molecule has 154 valence electrons. The first-order valence-electron chi connectivity index (χ1n) is 9.77. The van der Waals surface area contributed by atoms with Gasteiger partial charge in [0.2, 0.25) is 5.91 Å². The zero-order valence-electron chi connectivity index (χ0n) is 16.4. The summed E-state index contributed by atoms with van der Waals surface area (Å²) in [6.45, 7) is 3.56. The monoisotopic (exact) mass is 423 g/mol. The van der Waals surface area contributed by atoms with Crippen molar-refractivity contribution in [1.82, 2.24) is 10.3 Å². The number of amides is 1. The van der Waals surface area contributed by atoms with Crippen LogP contribution in [-0.4, -0.2) is 37.2 Å². The van der Waals surface area contributed by atoms with Crippen LogP contribution in [0.4, 0.5) is 10.2 Å². The first kappa shape index (κ1) is 20.3. The number of benzene rings is 1. The van der Waals surface area contributed by atoms with E-state index in [0.717, 1.165) is 53.0 Å². The summed E-state index contributed by atoms with van der Waals surface area (Å²) in [6.07, 6.45) is 5.10. The molecule has 0 spiro atoms. The maximum atomic E-state index is 13.1. The molecule has 7 heteroatoms. The summed E-state index contributed by atoms with van der Waals surface area (Å²) < 4.78 is 18.4. The number of halogens is 1. The van der Waals surface area contributed by atoms with E-state index < -0.39 is 0 Å². The second-order valence-corrected chi connectivity index (χ2v) is 8.00. The van der Waals surface area contributed by atoms with Gasteiger partial charge in [0.05, 0.1) is 13.2 Å². The van der Waals surface area contributed by atoms with Crippen molar-refractivity contribution in [2.45, 2.75) is 6.54 Å². The highest BCUT2D eigenvalue weighted by molar-refractivity contribution is 7.16. The lowest BCUT2D eigenvalue weighted by Crippen LogP contribution is -2.36. The largest absolute Gasteiger partial charge is 0.378 e. The Balaban J connectivity index is 1.28. The predicted octanol–water partition coefficient (Wildman–Crippen LogP) is 4.12. The maximum absolute atomic E-state index is 13.1. The Morgan fingerprint density at radius 2 is 1.93 bits per heavy atom. The highest BCUT2D eigenvalue weighted by Gasteiger charge is 2.12. The average molecular weight is 424 g/mol.